The zero-order chi connectivity index (χ0) is 35.3. The molecule has 2 heterocycles. The maximum atomic E-state index is 2.57. The lowest BCUT2D eigenvalue weighted by atomic mass is 9.84. The highest BCUT2D eigenvalue weighted by atomic mass is 32.1. The van der Waals surface area contributed by atoms with Crippen molar-refractivity contribution in [2.45, 2.75) is 12.3 Å². The summed E-state index contributed by atoms with van der Waals surface area (Å²) in [7, 11) is 0. The van der Waals surface area contributed by atoms with Gasteiger partial charge in [-0.1, -0.05) is 158 Å². The Morgan fingerprint density at radius 2 is 1.06 bits per heavy atom. The Labute approximate surface area is 320 Å². The van der Waals surface area contributed by atoms with Crippen LogP contribution in [0.1, 0.15) is 17.9 Å². The minimum absolute atomic E-state index is 0.299. The molecule has 2 heteroatoms. The molecular formula is C52H32S2. The van der Waals surface area contributed by atoms with Crippen LogP contribution in [-0.2, 0) is 0 Å². The summed E-state index contributed by atoms with van der Waals surface area (Å²) in [6.45, 7) is 0. The summed E-state index contributed by atoms with van der Waals surface area (Å²) < 4.78 is 5.53. The third-order valence-corrected chi connectivity index (χ3v) is 14.1. The van der Waals surface area contributed by atoms with Gasteiger partial charge in [0.25, 0.3) is 0 Å². The lowest BCUT2D eigenvalue weighted by Gasteiger charge is -2.19. The van der Waals surface area contributed by atoms with E-state index >= 15 is 0 Å². The van der Waals surface area contributed by atoms with Gasteiger partial charge in [0, 0.05) is 46.1 Å². The van der Waals surface area contributed by atoms with Gasteiger partial charge in [0.1, 0.15) is 0 Å². The molecular weight excluding hydrogens is 689 g/mol. The first kappa shape index (κ1) is 30.4. The molecule has 1 aliphatic carbocycles. The Balaban J connectivity index is 1.03. The van der Waals surface area contributed by atoms with Gasteiger partial charge in [-0.05, 0) is 95.4 Å². The summed E-state index contributed by atoms with van der Waals surface area (Å²) in [6.07, 6.45) is 6.06. The molecule has 9 aromatic carbocycles. The van der Waals surface area contributed by atoms with Crippen LogP contribution in [-0.4, -0.2) is 0 Å². The summed E-state index contributed by atoms with van der Waals surface area (Å²) in [6, 6.07) is 61.3. The van der Waals surface area contributed by atoms with Gasteiger partial charge in [0.05, 0.1) is 0 Å². The first-order valence-electron chi connectivity index (χ1n) is 18.8. The van der Waals surface area contributed by atoms with E-state index in [0.717, 1.165) is 6.42 Å². The normalized spacial score (nSPS) is 14.3. The Bertz CT molecular complexity index is 3430. The fourth-order valence-corrected chi connectivity index (χ4v) is 11.7. The van der Waals surface area contributed by atoms with Gasteiger partial charge in [0.2, 0.25) is 0 Å². The first-order chi connectivity index (χ1) is 26.8. The van der Waals surface area contributed by atoms with Gasteiger partial charge in [-0.15, -0.1) is 22.7 Å². The minimum Gasteiger partial charge on any atom is -0.136 e. The average Bonchev–Trinajstić information content (AvgIpc) is 3.81. The summed E-state index contributed by atoms with van der Waals surface area (Å²) in [5, 5.41) is 16.0. The van der Waals surface area contributed by atoms with Gasteiger partial charge < -0.3 is 0 Å². The van der Waals surface area contributed by atoms with Crippen LogP contribution >= 0.6 is 22.7 Å². The van der Waals surface area contributed by atoms with Gasteiger partial charge in [-0.2, -0.15) is 0 Å². The van der Waals surface area contributed by atoms with E-state index in [0.29, 0.717) is 5.92 Å². The molecule has 0 radical (unpaired) electrons. The molecule has 11 aromatic rings. The molecule has 0 fully saturated rings. The van der Waals surface area contributed by atoms with Crippen LogP contribution in [0.4, 0.5) is 0 Å². The SMILES string of the molecule is C1=c2sc3ccc4c(ccc5c6ccccc6sc54)c3c2=CC(c2cccc(-c3c4ccccc4c(-c4ccc5ccccc5c4)c4ccccc34)c2)C1. The number of benzene rings is 9. The van der Waals surface area contributed by atoms with Crippen LogP contribution in [0.25, 0.3) is 108 Å². The smallest absolute Gasteiger partial charge is 0.0434 e. The van der Waals surface area contributed by atoms with Crippen molar-refractivity contribution in [1.29, 1.82) is 0 Å². The third kappa shape index (κ3) is 4.48. The largest absolute Gasteiger partial charge is 0.136 e. The van der Waals surface area contributed by atoms with Crippen LogP contribution in [0.3, 0.4) is 0 Å². The number of hydrogen-bond acceptors (Lipinski definition) is 2. The molecule has 12 rings (SSSR count). The maximum Gasteiger partial charge on any atom is 0.0434 e. The number of hydrogen-bond donors (Lipinski definition) is 0. The van der Waals surface area contributed by atoms with Crippen LogP contribution in [0.15, 0.2) is 164 Å². The molecule has 0 spiro atoms. The van der Waals surface area contributed by atoms with Gasteiger partial charge in [0.15, 0.2) is 0 Å². The molecule has 0 nitrogen and oxygen atoms in total. The van der Waals surface area contributed by atoms with Crippen LogP contribution in [0.5, 0.6) is 0 Å². The van der Waals surface area contributed by atoms with E-state index in [9.17, 15) is 0 Å². The van der Waals surface area contributed by atoms with Crippen molar-refractivity contribution in [2.75, 3.05) is 0 Å². The van der Waals surface area contributed by atoms with E-state index in [-0.39, 0.29) is 0 Å². The topological polar surface area (TPSA) is 0 Å². The van der Waals surface area contributed by atoms with Crippen molar-refractivity contribution in [2.24, 2.45) is 0 Å². The van der Waals surface area contributed by atoms with E-state index in [1.54, 1.807) is 0 Å². The third-order valence-electron chi connectivity index (χ3n) is 11.8. The lowest BCUT2D eigenvalue weighted by Crippen LogP contribution is -2.23. The van der Waals surface area contributed by atoms with Crippen molar-refractivity contribution in [3.05, 3.63) is 179 Å². The predicted octanol–water partition coefficient (Wildman–Crippen LogP) is 14.0. The summed E-state index contributed by atoms with van der Waals surface area (Å²) >= 11 is 3.86. The van der Waals surface area contributed by atoms with Gasteiger partial charge in [-0.3, -0.25) is 0 Å². The monoisotopic (exact) mass is 720 g/mol. The molecule has 1 atom stereocenters. The highest BCUT2D eigenvalue weighted by molar-refractivity contribution is 7.26. The summed E-state index contributed by atoms with van der Waals surface area (Å²) in [5.74, 6) is 0.299. The molecule has 2 aromatic heterocycles. The van der Waals surface area contributed by atoms with Gasteiger partial charge in [-0.25, -0.2) is 0 Å². The second kappa shape index (κ2) is 11.7. The van der Waals surface area contributed by atoms with Crippen LogP contribution < -0.4 is 9.75 Å². The zero-order valence-corrected chi connectivity index (χ0v) is 31.0. The standard InChI is InChI=1S/C52H32S2/c1-2-11-32-28-36(21-20-31(32)10-1)50-40-17-5-3-15-38(40)49(39-16-4-6-18-41(39)50)35-13-9-12-33(29-35)34-22-26-47-45(30-34)51-42-23-24-43-37-14-7-8-19-46(37)54-52(43)44(42)25-27-48(51)53-47/h1-21,23-30,34H,22H2. The van der Waals surface area contributed by atoms with Crippen LogP contribution in [0.2, 0.25) is 0 Å². The maximum absolute atomic E-state index is 2.57. The van der Waals surface area contributed by atoms with Crippen molar-refractivity contribution in [1.82, 2.24) is 0 Å². The van der Waals surface area contributed by atoms with E-state index in [4.69, 9.17) is 0 Å². The molecule has 1 unspecified atom stereocenters. The lowest BCUT2D eigenvalue weighted by molar-refractivity contribution is 0.926. The van der Waals surface area contributed by atoms with E-state index < -0.39 is 0 Å². The van der Waals surface area contributed by atoms with E-state index in [1.807, 2.05) is 22.7 Å². The molecule has 0 saturated carbocycles. The molecule has 0 saturated heterocycles. The Morgan fingerprint density at radius 3 is 1.83 bits per heavy atom. The molecule has 0 bridgehead atoms. The quantitative estimate of drug-likeness (QED) is 0.159. The van der Waals surface area contributed by atoms with Gasteiger partial charge >= 0.3 is 0 Å². The van der Waals surface area contributed by atoms with Crippen molar-refractivity contribution < 1.29 is 0 Å². The van der Waals surface area contributed by atoms with E-state index in [2.05, 4.69) is 176 Å². The summed E-state index contributed by atoms with van der Waals surface area (Å²) in [4.78, 5) is 0. The fraction of sp³-hybridized carbons (Fsp3) is 0.0385. The fourth-order valence-electron chi connectivity index (χ4n) is 9.30. The first-order valence-corrected chi connectivity index (χ1v) is 20.4. The molecule has 1 aliphatic rings. The zero-order valence-electron chi connectivity index (χ0n) is 29.3. The number of thiophene rings is 2. The Morgan fingerprint density at radius 1 is 0.426 bits per heavy atom. The number of rotatable bonds is 3. The minimum atomic E-state index is 0.299. The highest BCUT2D eigenvalue weighted by Gasteiger charge is 2.20. The molecule has 0 amide bonds. The van der Waals surface area contributed by atoms with E-state index in [1.165, 1.54) is 111 Å². The second-order valence-corrected chi connectivity index (χ2v) is 16.8. The highest BCUT2D eigenvalue weighted by Crippen LogP contribution is 2.45. The summed E-state index contributed by atoms with van der Waals surface area (Å²) in [5.41, 5.74) is 6.52. The van der Waals surface area contributed by atoms with Crippen molar-refractivity contribution in [3.63, 3.8) is 0 Å². The predicted molar refractivity (Wildman–Crippen MR) is 238 cm³/mol. The molecule has 54 heavy (non-hydrogen) atoms. The Kier molecular flexibility index (Phi) is 6.60. The van der Waals surface area contributed by atoms with Crippen molar-refractivity contribution in [3.8, 4) is 22.3 Å². The molecule has 0 aliphatic heterocycles. The van der Waals surface area contributed by atoms with Crippen LogP contribution in [0, 0.1) is 0 Å². The average molecular weight is 721 g/mol. The molecule has 252 valence electrons. The Hall–Kier alpha value is -6.06. The van der Waals surface area contributed by atoms with Crippen molar-refractivity contribution >= 4 is 108 Å². The molecule has 0 N–H and O–H groups in total. The number of fused-ring (bicyclic) bond motifs is 12. The second-order valence-electron chi connectivity index (χ2n) is 14.7.